The molecule has 1 saturated carbocycles. The number of esters is 1. The fraction of sp³-hybridized carbons (Fsp3) is 0.444. The van der Waals surface area contributed by atoms with Crippen molar-refractivity contribution in [3.8, 4) is 0 Å². The van der Waals surface area contributed by atoms with Crippen molar-refractivity contribution in [2.24, 2.45) is 5.92 Å². The lowest BCUT2D eigenvalue weighted by molar-refractivity contribution is -0.142. The summed E-state index contributed by atoms with van der Waals surface area (Å²) < 4.78 is 11.2. The van der Waals surface area contributed by atoms with Gasteiger partial charge >= 0.3 is 5.97 Å². The topological polar surface area (TPSA) is 93.5 Å². The minimum Gasteiger partial charge on any atom is -0.466 e. The van der Waals surface area contributed by atoms with Crippen molar-refractivity contribution in [1.29, 1.82) is 0 Å². The summed E-state index contributed by atoms with van der Waals surface area (Å²) in [6.45, 7) is 4.37. The molecule has 8 heteroatoms. The van der Waals surface area contributed by atoms with Crippen LogP contribution in [0.1, 0.15) is 73.2 Å². The molecule has 1 aromatic carbocycles. The number of pyridine rings is 1. The lowest BCUT2D eigenvalue weighted by atomic mass is 9.82. The van der Waals surface area contributed by atoms with Crippen molar-refractivity contribution in [3.63, 3.8) is 0 Å². The third-order valence-corrected chi connectivity index (χ3v) is 6.77. The highest BCUT2D eigenvalue weighted by Crippen LogP contribution is 2.40. The molecular weight excluding hydrogens is 466 g/mol. The third-order valence-electron chi connectivity index (χ3n) is 6.56. The molecule has 1 fully saturated rings. The van der Waals surface area contributed by atoms with Gasteiger partial charge < -0.3 is 19.8 Å². The molecule has 1 aliphatic rings. The molecule has 4 rings (SSSR count). The first-order valence-electron chi connectivity index (χ1n) is 12.3. The number of halogens is 1. The van der Waals surface area contributed by atoms with Crippen molar-refractivity contribution in [1.82, 2.24) is 10.3 Å². The average molecular weight is 498 g/mol. The Morgan fingerprint density at radius 2 is 1.89 bits per heavy atom. The second kappa shape index (κ2) is 11.6. The second-order valence-corrected chi connectivity index (χ2v) is 9.37. The molecule has 0 radical (unpaired) electrons. The zero-order valence-electron chi connectivity index (χ0n) is 20.2. The van der Waals surface area contributed by atoms with Crippen LogP contribution in [0.5, 0.6) is 0 Å². The number of anilines is 1. The maximum atomic E-state index is 12.4. The summed E-state index contributed by atoms with van der Waals surface area (Å²) in [5.41, 5.74) is 3.98. The minimum atomic E-state index is -0.320. The molecule has 1 atom stereocenters. The monoisotopic (exact) mass is 497 g/mol. The lowest BCUT2D eigenvalue weighted by Gasteiger charge is -2.31. The van der Waals surface area contributed by atoms with Crippen LogP contribution in [-0.2, 0) is 9.53 Å². The highest BCUT2D eigenvalue weighted by molar-refractivity contribution is 6.29. The quantitative estimate of drug-likeness (QED) is 0.270. The molecule has 0 saturated heterocycles. The first-order chi connectivity index (χ1) is 17.0. The Morgan fingerprint density at radius 1 is 1.14 bits per heavy atom. The number of amides is 1. The molecule has 7 nitrogen and oxygen atoms in total. The number of nitrogens with one attached hydrogen (secondary N) is 2. The Bertz CT molecular complexity index is 1170. The molecule has 0 bridgehead atoms. The molecule has 2 aromatic heterocycles. The Morgan fingerprint density at radius 3 is 2.60 bits per heavy atom. The van der Waals surface area contributed by atoms with E-state index in [2.05, 4.69) is 15.6 Å². The smallest absolute Gasteiger partial charge is 0.307 e. The van der Waals surface area contributed by atoms with Crippen LogP contribution in [0.25, 0.3) is 11.1 Å². The zero-order chi connectivity index (χ0) is 24.8. The Balaban J connectivity index is 1.49. The van der Waals surface area contributed by atoms with Gasteiger partial charge in [-0.25, -0.2) is 4.98 Å². The van der Waals surface area contributed by atoms with Gasteiger partial charge in [0.2, 0.25) is 0 Å². The van der Waals surface area contributed by atoms with Crippen molar-refractivity contribution in [3.05, 3.63) is 58.4 Å². The van der Waals surface area contributed by atoms with E-state index in [4.69, 9.17) is 20.8 Å². The predicted molar refractivity (Wildman–Crippen MR) is 137 cm³/mol. The van der Waals surface area contributed by atoms with Crippen LogP contribution in [-0.4, -0.2) is 30.0 Å². The summed E-state index contributed by atoms with van der Waals surface area (Å²) in [6, 6.07) is 11.0. The van der Waals surface area contributed by atoms with E-state index in [9.17, 15) is 9.59 Å². The SMILES string of the molecule is CCOC(=O)CCNC(=O)c1ccc(NC(c2oc3ccc(Cl)nc3c2C)C2CCCCC2)cc1. The van der Waals surface area contributed by atoms with Crippen LogP contribution in [0.4, 0.5) is 5.69 Å². The molecule has 186 valence electrons. The Hall–Kier alpha value is -3.06. The molecule has 2 N–H and O–H groups in total. The molecule has 3 aromatic rings. The second-order valence-electron chi connectivity index (χ2n) is 8.98. The number of hydrogen-bond donors (Lipinski definition) is 2. The van der Waals surface area contributed by atoms with Crippen molar-refractivity contribution >= 4 is 40.3 Å². The number of carbonyl (C=O) groups excluding carboxylic acids is 2. The Labute approximate surface area is 210 Å². The van der Waals surface area contributed by atoms with E-state index < -0.39 is 0 Å². The number of aryl methyl sites for hydroxylation is 1. The number of hydrogen-bond acceptors (Lipinski definition) is 6. The summed E-state index contributed by atoms with van der Waals surface area (Å²) >= 11 is 6.14. The number of carbonyl (C=O) groups is 2. The summed E-state index contributed by atoms with van der Waals surface area (Å²) in [5.74, 6) is 0.784. The predicted octanol–water partition coefficient (Wildman–Crippen LogP) is 6.21. The number of fused-ring (bicyclic) bond motifs is 1. The van der Waals surface area contributed by atoms with Gasteiger partial charge in [0.1, 0.15) is 16.4 Å². The van der Waals surface area contributed by atoms with Crippen LogP contribution < -0.4 is 10.6 Å². The highest BCUT2D eigenvalue weighted by atomic mass is 35.5. The fourth-order valence-electron chi connectivity index (χ4n) is 4.76. The molecule has 1 aliphatic carbocycles. The summed E-state index contributed by atoms with van der Waals surface area (Å²) in [6.07, 6.45) is 6.08. The number of benzene rings is 1. The molecule has 1 amide bonds. The van der Waals surface area contributed by atoms with E-state index in [0.717, 1.165) is 41.0 Å². The standard InChI is InChI=1S/C27H32ClN3O4/c1-3-34-23(32)15-16-29-27(33)19-9-11-20(12-10-19)30-25(18-7-5-4-6-8-18)26-17(2)24-21(35-26)13-14-22(28)31-24/h9-14,18,25,30H,3-8,15-16H2,1-2H3,(H,29,33). The highest BCUT2D eigenvalue weighted by Gasteiger charge is 2.30. The van der Waals surface area contributed by atoms with Gasteiger partial charge in [0.15, 0.2) is 5.58 Å². The van der Waals surface area contributed by atoms with E-state index >= 15 is 0 Å². The number of aromatic nitrogens is 1. The zero-order valence-corrected chi connectivity index (χ0v) is 21.0. The van der Waals surface area contributed by atoms with Gasteiger partial charge in [0.25, 0.3) is 5.91 Å². The van der Waals surface area contributed by atoms with Crippen LogP contribution in [0.3, 0.4) is 0 Å². The third kappa shape index (κ3) is 6.14. The number of rotatable bonds is 9. The van der Waals surface area contributed by atoms with E-state index in [1.54, 1.807) is 25.1 Å². The summed E-state index contributed by atoms with van der Waals surface area (Å²) in [5, 5.41) is 6.88. The summed E-state index contributed by atoms with van der Waals surface area (Å²) in [4.78, 5) is 28.4. The van der Waals surface area contributed by atoms with E-state index in [-0.39, 0.29) is 30.9 Å². The van der Waals surface area contributed by atoms with Gasteiger partial charge in [-0.3, -0.25) is 9.59 Å². The number of ether oxygens (including phenoxy) is 1. The first-order valence-corrected chi connectivity index (χ1v) is 12.7. The van der Waals surface area contributed by atoms with Gasteiger partial charge in [0, 0.05) is 23.4 Å². The molecule has 1 unspecified atom stereocenters. The van der Waals surface area contributed by atoms with Gasteiger partial charge in [-0.2, -0.15) is 0 Å². The average Bonchev–Trinajstić information content (AvgIpc) is 3.19. The molecule has 35 heavy (non-hydrogen) atoms. The van der Waals surface area contributed by atoms with Crippen molar-refractivity contribution in [2.75, 3.05) is 18.5 Å². The van der Waals surface area contributed by atoms with Crippen LogP contribution in [0.15, 0.2) is 40.8 Å². The molecular formula is C27H32ClN3O4. The van der Waals surface area contributed by atoms with Crippen molar-refractivity contribution < 1.29 is 18.7 Å². The minimum absolute atomic E-state index is 0.00692. The first kappa shape index (κ1) is 25.0. The lowest BCUT2D eigenvalue weighted by Crippen LogP contribution is -2.26. The fourth-order valence-corrected chi connectivity index (χ4v) is 4.91. The van der Waals surface area contributed by atoms with Gasteiger partial charge in [-0.15, -0.1) is 0 Å². The molecule has 0 aliphatic heterocycles. The van der Waals surface area contributed by atoms with Crippen LogP contribution in [0, 0.1) is 12.8 Å². The maximum absolute atomic E-state index is 12.4. The largest absolute Gasteiger partial charge is 0.466 e. The van der Waals surface area contributed by atoms with Gasteiger partial charge in [-0.05, 0) is 69.0 Å². The van der Waals surface area contributed by atoms with E-state index in [1.807, 2.05) is 25.1 Å². The van der Waals surface area contributed by atoms with Gasteiger partial charge in [0.05, 0.1) is 19.1 Å². The van der Waals surface area contributed by atoms with E-state index in [0.29, 0.717) is 23.2 Å². The summed E-state index contributed by atoms with van der Waals surface area (Å²) in [7, 11) is 0. The van der Waals surface area contributed by atoms with E-state index in [1.165, 1.54) is 19.3 Å². The number of nitrogens with zero attached hydrogens (tertiary/aromatic N) is 1. The maximum Gasteiger partial charge on any atom is 0.307 e. The number of furan rings is 1. The van der Waals surface area contributed by atoms with Crippen molar-refractivity contribution in [2.45, 2.75) is 58.4 Å². The van der Waals surface area contributed by atoms with Crippen LogP contribution in [0.2, 0.25) is 5.15 Å². The Kier molecular flexibility index (Phi) is 8.29. The van der Waals surface area contributed by atoms with Gasteiger partial charge in [-0.1, -0.05) is 30.9 Å². The normalized spacial score (nSPS) is 15.1. The molecule has 0 spiro atoms. The molecule has 2 heterocycles. The van der Waals surface area contributed by atoms with Crippen LogP contribution >= 0.6 is 11.6 Å².